The zero-order valence-electron chi connectivity index (χ0n) is 13.0. The van der Waals surface area contributed by atoms with Crippen LogP contribution in [-0.2, 0) is 15.7 Å². The first-order valence-electron chi connectivity index (χ1n) is 7.33. The van der Waals surface area contributed by atoms with Crippen molar-refractivity contribution in [3.05, 3.63) is 35.4 Å². The van der Waals surface area contributed by atoms with E-state index in [9.17, 15) is 23.1 Å². The average molecular weight is 331 g/mol. The molecule has 3 atom stereocenters. The molecule has 1 fully saturated rings. The van der Waals surface area contributed by atoms with E-state index in [-0.39, 0.29) is 24.6 Å². The first-order chi connectivity index (χ1) is 10.8. The highest BCUT2D eigenvalue weighted by atomic mass is 19.4. The molecular weight excluding hydrogens is 311 g/mol. The molecule has 3 unspecified atom stereocenters. The molecule has 23 heavy (non-hydrogen) atoms. The third-order valence-electron chi connectivity index (χ3n) is 3.99. The Kier molecular flexibility index (Phi) is 5.31. The van der Waals surface area contributed by atoms with Gasteiger partial charge in [0.2, 0.25) is 5.91 Å². The quantitative estimate of drug-likeness (QED) is 0.870. The largest absolute Gasteiger partial charge is 0.416 e. The van der Waals surface area contributed by atoms with Gasteiger partial charge in [-0.15, -0.1) is 0 Å². The number of aliphatic hydroxyl groups excluding tert-OH is 1. The molecule has 0 bridgehead atoms. The van der Waals surface area contributed by atoms with Gasteiger partial charge in [-0.25, -0.2) is 0 Å². The van der Waals surface area contributed by atoms with E-state index in [0.29, 0.717) is 6.42 Å². The standard InChI is InChI=1S/C16H20F3NO3/c1-20(8-10(21)9-23-2)15(22)13-7-12(13)11-5-3-4-6-14(11)16(17,18)19/h3-6,10,12-13,21H,7-9H2,1-2H3. The molecule has 0 saturated heterocycles. The van der Waals surface area contributed by atoms with Crippen LogP contribution in [0.25, 0.3) is 0 Å². The van der Waals surface area contributed by atoms with Crippen LogP contribution >= 0.6 is 0 Å². The molecule has 4 nitrogen and oxygen atoms in total. The van der Waals surface area contributed by atoms with Crippen molar-refractivity contribution in [3.63, 3.8) is 0 Å². The maximum Gasteiger partial charge on any atom is 0.416 e. The van der Waals surface area contributed by atoms with Crippen LogP contribution in [0.2, 0.25) is 0 Å². The molecule has 1 aromatic rings. The highest BCUT2D eigenvalue weighted by molar-refractivity contribution is 5.83. The van der Waals surface area contributed by atoms with Gasteiger partial charge in [0.25, 0.3) is 0 Å². The van der Waals surface area contributed by atoms with E-state index in [1.165, 1.54) is 31.2 Å². The monoisotopic (exact) mass is 331 g/mol. The number of aliphatic hydroxyl groups is 1. The summed E-state index contributed by atoms with van der Waals surface area (Å²) < 4.78 is 43.9. The Morgan fingerprint density at radius 3 is 2.70 bits per heavy atom. The molecule has 7 heteroatoms. The van der Waals surface area contributed by atoms with E-state index in [2.05, 4.69) is 0 Å². The summed E-state index contributed by atoms with van der Waals surface area (Å²) in [6.07, 6.45) is -4.84. The molecule has 0 radical (unpaired) electrons. The number of benzene rings is 1. The van der Waals surface area contributed by atoms with Crippen molar-refractivity contribution in [2.24, 2.45) is 5.92 Å². The third-order valence-corrected chi connectivity index (χ3v) is 3.99. The number of ether oxygens (including phenoxy) is 1. The minimum Gasteiger partial charge on any atom is -0.389 e. The molecule has 0 heterocycles. The first kappa shape index (κ1) is 17.7. The smallest absolute Gasteiger partial charge is 0.389 e. The molecule has 0 spiro atoms. The number of amides is 1. The van der Waals surface area contributed by atoms with Crippen molar-refractivity contribution >= 4 is 5.91 Å². The number of alkyl halides is 3. The van der Waals surface area contributed by atoms with Crippen molar-refractivity contribution in [2.45, 2.75) is 24.6 Å². The predicted molar refractivity (Wildman–Crippen MR) is 77.8 cm³/mol. The van der Waals surface area contributed by atoms with E-state index in [4.69, 9.17) is 4.74 Å². The van der Waals surface area contributed by atoms with E-state index < -0.39 is 29.7 Å². The van der Waals surface area contributed by atoms with E-state index in [1.807, 2.05) is 0 Å². The predicted octanol–water partition coefficient (Wildman–Crippen LogP) is 2.27. The van der Waals surface area contributed by atoms with Gasteiger partial charge in [-0.05, 0) is 24.0 Å². The summed E-state index contributed by atoms with van der Waals surface area (Å²) in [7, 11) is 2.97. The van der Waals surface area contributed by atoms with Crippen LogP contribution < -0.4 is 0 Å². The summed E-state index contributed by atoms with van der Waals surface area (Å²) in [5.74, 6) is -1.12. The van der Waals surface area contributed by atoms with Gasteiger partial charge < -0.3 is 14.7 Å². The minimum atomic E-state index is -4.42. The van der Waals surface area contributed by atoms with Gasteiger partial charge in [-0.2, -0.15) is 13.2 Å². The molecule has 1 N–H and O–H groups in total. The van der Waals surface area contributed by atoms with E-state index in [1.54, 1.807) is 6.07 Å². The van der Waals surface area contributed by atoms with Gasteiger partial charge in [-0.1, -0.05) is 18.2 Å². The molecule has 128 valence electrons. The zero-order valence-corrected chi connectivity index (χ0v) is 13.0. The van der Waals surface area contributed by atoms with Gasteiger partial charge in [0.1, 0.15) is 0 Å². The number of nitrogens with zero attached hydrogens (tertiary/aromatic N) is 1. The number of likely N-dealkylation sites (N-methyl/N-ethyl adjacent to an activating group) is 1. The average Bonchev–Trinajstić information content (AvgIpc) is 3.26. The van der Waals surface area contributed by atoms with Gasteiger partial charge in [0.05, 0.1) is 18.3 Å². The van der Waals surface area contributed by atoms with Gasteiger partial charge in [0.15, 0.2) is 0 Å². The highest BCUT2D eigenvalue weighted by Crippen LogP contribution is 2.51. The van der Waals surface area contributed by atoms with Crippen LogP contribution in [0.4, 0.5) is 13.2 Å². The van der Waals surface area contributed by atoms with Gasteiger partial charge >= 0.3 is 6.18 Å². The lowest BCUT2D eigenvalue weighted by Crippen LogP contribution is -2.37. The SMILES string of the molecule is COCC(O)CN(C)C(=O)C1CC1c1ccccc1C(F)(F)F. The van der Waals surface area contributed by atoms with E-state index in [0.717, 1.165) is 6.07 Å². The molecule has 1 amide bonds. The molecule has 1 aliphatic rings. The lowest BCUT2D eigenvalue weighted by atomic mass is 10.0. The number of methoxy groups -OCH3 is 1. The number of hydrogen-bond donors (Lipinski definition) is 1. The Labute approximate surface area is 132 Å². The normalized spacial score (nSPS) is 21.8. The Bertz CT molecular complexity index is 562. The van der Waals surface area contributed by atoms with Crippen molar-refractivity contribution in [3.8, 4) is 0 Å². The molecule has 1 saturated carbocycles. The van der Waals surface area contributed by atoms with Crippen molar-refractivity contribution in [1.82, 2.24) is 4.90 Å². The lowest BCUT2D eigenvalue weighted by molar-refractivity contribution is -0.138. The number of hydrogen-bond acceptors (Lipinski definition) is 3. The molecule has 0 aromatic heterocycles. The summed E-state index contributed by atoms with van der Waals surface area (Å²) in [5, 5.41) is 9.64. The Hall–Kier alpha value is -1.60. The fourth-order valence-corrected chi connectivity index (χ4v) is 2.82. The summed E-state index contributed by atoms with van der Waals surface area (Å²) in [6.45, 7) is 0.194. The van der Waals surface area contributed by atoms with Crippen LogP contribution in [0.3, 0.4) is 0 Å². The second kappa shape index (κ2) is 6.88. The molecule has 1 aromatic carbocycles. The number of halogens is 3. The molecular formula is C16H20F3NO3. The van der Waals surface area contributed by atoms with Crippen LogP contribution in [0.15, 0.2) is 24.3 Å². The lowest BCUT2D eigenvalue weighted by Gasteiger charge is -2.21. The van der Waals surface area contributed by atoms with Gasteiger partial charge in [0, 0.05) is 26.6 Å². The first-order valence-corrected chi connectivity index (χ1v) is 7.33. The summed E-state index contributed by atoms with van der Waals surface area (Å²) in [4.78, 5) is 13.6. The van der Waals surface area contributed by atoms with Crippen LogP contribution in [0.5, 0.6) is 0 Å². The topological polar surface area (TPSA) is 49.8 Å². The summed E-state index contributed by atoms with van der Waals surface area (Å²) >= 11 is 0. The zero-order chi connectivity index (χ0) is 17.2. The highest BCUT2D eigenvalue weighted by Gasteiger charge is 2.48. The molecule has 1 aliphatic carbocycles. The van der Waals surface area contributed by atoms with Crippen LogP contribution in [0, 0.1) is 5.92 Å². The molecule has 0 aliphatic heterocycles. The van der Waals surface area contributed by atoms with Crippen molar-refractivity contribution in [2.75, 3.05) is 27.3 Å². The second-order valence-corrected chi connectivity index (χ2v) is 5.86. The van der Waals surface area contributed by atoms with Gasteiger partial charge in [-0.3, -0.25) is 4.79 Å². The fraction of sp³-hybridized carbons (Fsp3) is 0.562. The summed E-state index contributed by atoms with van der Waals surface area (Å²) in [6, 6.07) is 5.37. The van der Waals surface area contributed by atoms with Crippen molar-refractivity contribution in [1.29, 1.82) is 0 Å². The summed E-state index contributed by atoms with van der Waals surface area (Å²) in [5.41, 5.74) is -0.508. The maximum absolute atomic E-state index is 13.0. The number of rotatable bonds is 6. The maximum atomic E-state index is 13.0. The third kappa shape index (κ3) is 4.23. The Morgan fingerprint density at radius 2 is 2.09 bits per heavy atom. The number of carbonyl (C=O) groups is 1. The van der Waals surface area contributed by atoms with E-state index >= 15 is 0 Å². The Balaban J connectivity index is 2.04. The van der Waals surface area contributed by atoms with Crippen LogP contribution in [-0.4, -0.2) is 49.3 Å². The molecule has 2 rings (SSSR count). The Morgan fingerprint density at radius 1 is 1.43 bits per heavy atom. The van der Waals surface area contributed by atoms with Crippen molar-refractivity contribution < 1.29 is 27.8 Å². The minimum absolute atomic E-state index is 0.0941. The fourth-order valence-electron chi connectivity index (χ4n) is 2.82. The van der Waals surface area contributed by atoms with Crippen LogP contribution in [0.1, 0.15) is 23.5 Å². The number of carbonyl (C=O) groups excluding carboxylic acids is 1. The second-order valence-electron chi connectivity index (χ2n) is 5.86.